The molecule has 1 aromatic carbocycles. The van der Waals surface area contributed by atoms with Gasteiger partial charge in [0.05, 0.1) is 18.8 Å². The molecule has 53 heavy (non-hydrogen) atoms. The topological polar surface area (TPSA) is 151 Å². The van der Waals surface area contributed by atoms with Crippen LogP contribution in [0.4, 0.5) is 20.3 Å². The highest BCUT2D eigenvalue weighted by Gasteiger charge is 2.35. The van der Waals surface area contributed by atoms with Crippen LogP contribution in [0.2, 0.25) is 0 Å². The molecule has 1 saturated heterocycles. The molecule has 0 bridgehead atoms. The molecule has 13 nitrogen and oxygen atoms in total. The molecule has 4 aliphatic rings. The number of anilines is 2. The minimum atomic E-state index is -2.66. The average molecular weight is 731 g/mol. The highest BCUT2D eigenvalue weighted by Crippen LogP contribution is 2.44. The first-order valence-corrected chi connectivity index (χ1v) is 18.6. The van der Waals surface area contributed by atoms with Crippen molar-refractivity contribution < 1.29 is 23.5 Å². The fourth-order valence-electron chi connectivity index (χ4n) is 8.52. The summed E-state index contributed by atoms with van der Waals surface area (Å²) in [6.45, 7) is 7.34. The Morgan fingerprint density at radius 3 is 2.42 bits per heavy atom. The number of carboxylic acid groups (broad SMARTS) is 1. The Balaban J connectivity index is 1.07. The number of carbonyl (C=O) groups excluding carboxylic acids is 1. The molecule has 3 aliphatic heterocycles. The van der Waals surface area contributed by atoms with Gasteiger partial charge in [-0.3, -0.25) is 29.9 Å². The maximum atomic E-state index is 14.6. The first-order valence-electron chi connectivity index (χ1n) is 18.6. The van der Waals surface area contributed by atoms with E-state index in [1.165, 1.54) is 6.08 Å². The molecule has 282 valence electrons. The number of benzene rings is 1. The van der Waals surface area contributed by atoms with E-state index in [4.69, 9.17) is 21.0 Å². The second-order valence-electron chi connectivity index (χ2n) is 14.8. The van der Waals surface area contributed by atoms with E-state index in [1.54, 1.807) is 37.1 Å². The molecule has 5 heterocycles. The zero-order valence-corrected chi connectivity index (χ0v) is 30.4. The number of carboxylic acids is 1. The lowest BCUT2D eigenvalue weighted by atomic mass is 9.85. The van der Waals surface area contributed by atoms with Crippen molar-refractivity contribution in [3.8, 4) is 11.1 Å². The van der Waals surface area contributed by atoms with Gasteiger partial charge in [-0.1, -0.05) is 0 Å². The molecule has 1 aliphatic carbocycles. The summed E-state index contributed by atoms with van der Waals surface area (Å²) >= 11 is 0. The Kier molecular flexibility index (Phi) is 10.5. The summed E-state index contributed by atoms with van der Waals surface area (Å²) in [4.78, 5) is 31.8. The van der Waals surface area contributed by atoms with Crippen LogP contribution in [-0.4, -0.2) is 109 Å². The van der Waals surface area contributed by atoms with Gasteiger partial charge in [0.2, 0.25) is 5.91 Å². The number of halogens is 2. The van der Waals surface area contributed by atoms with Crippen LogP contribution in [0.3, 0.4) is 0 Å². The third-order valence-corrected chi connectivity index (χ3v) is 11.4. The van der Waals surface area contributed by atoms with Crippen molar-refractivity contribution in [2.75, 3.05) is 50.7 Å². The lowest BCUT2D eigenvalue weighted by molar-refractivity contribution is -0.130. The molecule has 2 fully saturated rings. The number of nitrogens with one attached hydrogen (secondary N) is 2. The quantitative estimate of drug-likeness (QED) is 0.201. The van der Waals surface area contributed by atoms with E-state index in [0.717, 1.165) is 92.6 Å². The first kappa shape index (κ1) is 36.4. The molecule has 0 spiro atoms. The molecule has 1 amide bonds. The number of amidine groups is 1. The number of alkyl halides is 2. The number of amides is 1. The fraction of sp³-hybridized carbons (Fsp3) is 0.526. The normalized spacial score (nSPS) is 20.9. The van der Waals surface area contributed by atoms with Crippen molar-refractivity contribution in [2.45, 2.75) is 70.9 Å². The Morgan fingerprint density at radius 1 is 1.00 bits per heavy atom. The monoisotopic (exact) mass is 730 g/mol. The van der Waals surface area contributed by atoms with Crippen molar-refractivity contribution in [3.63, 3.8) is 0 Å². The van der Waals surface area contributed by atoms with Crippen molar-refractivity contribution in [3.05, 3.63) is 59.1 Å². The van der Waals surface area contributed by atoms with E-state index < -0.39 is 18.1 Å². The van der Waals surface area contributed by atoms with E-state index >= 15 is 0 Å². The van der Waals surface area contributed by atoms with Crippen molar-refractivity contribution in [1.29, 1.82) is 10.8 Å². The highest BCUT2D eigenvalue weighted by atomic mass is 19.3. The molecule has 15 heteroatoms. The van der Waals surface area contributed by atoms with Gasteiger partial charge in [0, 0.05) is 100 Å². The molecule has 7 rings (SSSR count). The molecule has 0 atom stereocenters. The standard InChI is InChI=1S/C38H48F2N10O3/c1-24(51)48-13-11-33-31(23-48)37(49-12-3-4-26-18-29(27-20-43-45(2)22-27)30(36(39)40)19-34(26)49)44-50(33)28-7-5-25(6-8-28)21-46-14-16-47(17-15-46)35(42)10-9-32(41)38(52)53/h9-10,18-20,22,25,28,36,41-42H,3-8,11-17,21,23H2,1-2H3,(H,52,53)/b10-9-,41-32?,42-35?. The number of rotatable bonds is 9. The number of hydrogen-bond acceptors (Lipinski definition) is 8. The van der Waals surface area contributed by atoms with Crippen molar-refractivity contribution >= 4 is 34.9 Å². The zero-order valence-electron chi connectivity index (χ0n) is 30.4. The van der Waals surface area contributed by atoms with Crippen LogP contribution in [0.15, 0.2) is 36.7 Å². The second-order valence-corrected chi connectivity index (χ2v) is 14.8. The van der Waals surface area contributed by atoms with E-state index in [2.05, 4.69) is 19.6 Å². The third kappa shape index (κ3) is 7.62. The van der Waals surface area contributed by atoms with E-state index in [9.17, 15) is 18.4 Å². The largest absolute Gasteiger partial charge is 0.477 e. The van der Waals surface area contributed by atoms with E-state index in [1.807, 2.05) is 15.9 Å². The van der Waals surface area contributed by atoms with Gasteiger partial charge >= 0.3 is 5.97 Å². The Bertz CT molecular complexity index is 1920. The van der Waals surface area contributed by atoms with Crippen LogP contribution in [0.5, 0.6) is 0 Å². The summed E-state index contributed by atoms with van der Waals surface area (Å²) in [6, 6.07) is 3.78. The highest BCUT2D eigenvalue weighted by molar-refractivity contribution is 6.39. The molecular weight excluding hydrogens is 682 g/mol. The van der Waals surface area contributed by atoms with E-state index in [0.29, 0.717) is 56.2 Å². The molecule has 1 saturated carbocycles. The minimum Gasteiger partial charge on any atom is -0.477 e. The summed E-state index contributed by atoms with van der Waals surface area (Å²) in [5.41, 5.74) is 4.57. The van der Waals surface area contributed by atoms with Crippen LogP contribution in [0, 0.1) is 16.7 Å². The summed E-state index contributed by atoms with van der Waals surface area (Å²) in [5.74, 6) is 0.254. The van der Waals surface area contributed by atoms with Crippen LogP contribution < -0.4 is 4.90 Å². The number of aliphatic carboxylic acids is 1. The Hall–Kier alpha value is -4.92. The lowest BCUT2D eigenvalue weighted by Gasteiger charge is -2.38. The number of fused-ring (bicyclic) bond motifs is 2. The summed E-state index contributed by atoms with van der Waals surface area (Å²) < 4.78 is 33.1. The maximum absolute atomic E-state index is 14.6. The van der Waals surface area contributed by atoms with E-state index in [-0.39, 0.29) is 23.3 Å². The first-order chi connectivity index (χ1) is 25.5. The molecule has 0 radical (unpaired) electrons. The van der Waals surface area contributed by atoms with Crippen molar-refractivity contribution in [1.82, 2.24) is 34.3 Å². The number of nitrogens with zero attached hydrogens (tertiary/aromatic N) is 8. The Labute approximate surface area is 307 Å². The molecule has 3 N–H and O–H groups in total. The van der Waals surface area contributed by atoms with Crippen LogP contribution in [-0.2, 0) is 36.0 Å². The van der Waals surface area contributed by atoms with Gasteiger partial charge in [0.25, 0.3) is 6.43 Å². The van der Waals surface area contributed by atoms with Gasteiger partial charge in [0.1, 0.15) is 11.5 Å². The van der Waals surface area contributed by atoms with Gasteiger partial charge in [-0.05, 0) is 79.9 Å². The Morgan fingerprint density at radius 2 is 1.75 bits per heavy atom. The number of aromatic nitrogens is 4. The molecule has 2 aromatic heterocycles. The second kappa shape index (κ2) is 15.2. The molecular formula is C38H48F2N10O3. The SMILES string of the molecule is CC(=O)N1CCc2c(c(N3CCCc4cc(-c5cnn(C)c5)c(C(F)F)cc43)nn2C2CCC(CN3CCN(C(=N)/C=C\C(=N)C(=O)O)CC3)CC2)C1. The summed E-state index contributed by atoms with van der Waals surface area (Å²) in [6.07, 6.45) is 9.72. The lowest BCUT2D eigenvalue weighted by Crippen LogP contribution is -2.49. The van der Waals surface area contributed by atoms with Gasteiger partial charge in [0.15, 0.2) is 5.82 Å². The average Bonchev–Trinajstić information content (AvgIpc) is 3.76. The maximum Gasteiger partial charge on any atom is 0.353 e. The number of aryl methyl sites for hydroxylation is 2. The zero-order chi connectivity index (χ0) is 37.4. The van der Waals surface area contributed by atoms with Crippen LogP contribution in [0.25, 0.3) is 11.1 Å². The van der Waals surface area contributed by atoms with Crippen LogP contribution >= 0.6 is 0 Å². The smallest absolute Gasteiger partial charge is 0.353 e. The van der Waals surface area contributed by atoms with Crippen LogP contribution in [0.1, 0.15) is 73.9 Å². The molecule has 3 aromatic rings. The van der Waals surface area contributed by atoms with Gasteiger partial charge in [-0.15, -0.1) is 0 Å². The van der Waals surface area contributed by atoms with Crippen molar-refractivity contribution in [2.24, 2.45) is 13.0 Å². The molecule has 0 unspecified atom stereocenters. The minimum absolute atomic E-state index is 0.0165. The predicted octanol–water partition coefficient (Wildman–Crippen LogP) is 5.20. The number of piperazine rings is 1. The predicted molar refractivity (Wildman–Crippen MR) is 197 cm³/mol. The van der Waals surface area contributed by atoms with Gasteiger partial charge in [-0.25, -0.2) is 13.6 Å². The van der Waals surface area contributed by atoms with Gasteiger partial charge in [-0.2, -0.15) is 10.2 Å². The fourth-order valence-corrected chi connectivity index (χ4v) is 8.52. The number of carbonyl (C=O) groups is 2. The number of hydrogen-bond donors (Lipinski definition) is 3. The van der Waals surface area contributed by atoms with Gasteiger partial charge < -0.3 is 19.8 Å². The third-order valence-electron chi connectivity index (χ3n) is 11.4. The summed E-state index contributed by atoms with van der Waals surface area (Å²) in [7, 11) is 1.78. The summed E-state index contributed by atoms with van der Waals surface area (Å²) in [5, 5.41) is 34.1.